The van der Waals surface area contributed by atoms with E-state index in [0.717, 1.165) is 23.5 Å². The Hall–Kier alpha value is -1.70. The molecule has 2 rings (SSSR count). The van der Waals surface area contributed by atoms with Gasteiger partial charge in [0.15, 0.2) is 0 Å². The Labute approximate surface area is 90.0 Å². The highest BCUT2D eigenvalue weighted by Gasteiger charge is 1.98. The fraction of sp³-hybridized carbons (Fsp3) is 0.231. The molecule has 0 bridgehead atoms. The molecule has 0 unspecified atom stereocenters. The molecule has 0 aliphatic rings. The maximum absolute atomic E-state index is 4.48. The molecule has 0 spiro atoms. The van der Waals surface area contributed by atoms with Crippen LogP contribution < -0.4 is 0 Å². The Bertz CT molecular complexity index is 420. The molecule has 2 aromatic rings. The van der Waals surface area contributed by atoms with Gasteiger partial charge in [0, 0.05) is 29.7 Å². The van der Waals surface area contributed by atoms with Crippen molar-refractivity contribution in [3.8, 4) is 0 Å². The minimum Gasteiger partial charge on any atom is -0.262 e. The molecule has 2 heteroatoms. The van der Waals surface area contributed by atoms with Gasteiger partial charge < -0.3 is 0 Å². The summed E-state index contributed by atoms with van der Waals surface area (Å²) in [6.07, 6.45) is 2.73. The van der Waals surface area contributed by atoms with Crippen molar-refractivity contribution in [3.63, 3.8) is 0 Å². The third-order valence-corrected chi connectivity index (χ3v) is 2.29. The Morgan fingerprint density at radius 2 is 1.93 bits per heavy atom. The molecule has 0 aliphatic carbocycles. The minimum absolute atomic E-state index is 0.880. The molecule has 76 valence electrons. The zero-order valence-electron chi connectivity index (χ0n) is 9.07. The Kier molecular flexibility index (Phi) is 2.77. The largest absolute Gasteiger partial charge is 0.262 e. The fourth-order valence-electron chi connectivity index (χ4n) is 1.62. The van der Waals surface area contributed by atoms with Crippen LogP contribution in [0.3, 0.4) is 0 Å². The van der Waals surface area contributed by atoms with Crippen LogP contribution in [0.1, 0.15) is 22.6 Å². The van der Waals surface area contributed by atoms with Crippen LogP contribution in [-0.2, 0) is 6.42 Å². The van der Waals surface area contributed by atoms with E-state index in [-0.39, 0.29) is 0 Å². The maximum atomic E-state index is 4.48. The van der Waals surface area contributed by atoms with E-state index in [4.69, 9.17) is 0 Å². The molecule has 2 aromatic heterocycles. The van der Waals surface area contributed by atoms with Gasteiger partial charge in [-0.25, -0.2) is 0 Å². The highest BCUT2D eigenvalue weighted by Crippen LogP contribution is 2.08. The zero-order chi connectivity index (χ0) is 10.7. The van der Waals surface area contributed by atoms with E-state index < -0.39 is 0 Å². The SMILES string of the molecule is Cc1cc(Cc2cccc(C)n2)ccn1. The second-order valence-electron chi connectivity index (χ2n) is 3.75. The number of nitrogens with zero attached hydrogens (tertiary/aromatic N) is 2. The van der Waals surface area contributed by atoms with Gasteiger partial charge in [0.1, 0.15) is 0 Å². The fourth-order valence-corrected chi connectivity index (χ4v) is 1.62. The molecule has 0 saturated heterocycles. The van der Waals surface area contributed by atoms with Crippen LogP contribution in [0.4, 0.5) is 0 Å². The smallest absolute Gasteiger partial charge is 0.0450 e. The van der Waals surface area contributed by atoms with Crippen LogP contribution in [0, 0.1) is 13.8 Å². The zero-order valence-corrected chi connectivity index (χ0v) is 9.07. The van der Waals surface area contributed by atoms with Crippen molar-refractivity contribution in [3.05, 3.63) is 59.2 Å². The third-order valence-electron chi connectivity index (χ3n) is 2.29. The number of hydrogen-bond donors (Lipinski definition) is 0. The van der Waals surface area contributed by atoms with Crippen LogP contribution in [0.2, 0.25) is 0 Å². The number of rotatable bonds is 2. The molecule has 0 aromatic carbocycles. The monoisotopic (exact) mass is 198 g/mol. The van der Waals surface area contributed by atoms with E-state index in [1.807, 2.05) is 38.2 Å². The average Bonchev–Trinajstić information content (AvgIpc) is 2.17. The predicted octanol–water partition coefficient (Wildman–Crippen LogP) is 2.68. The van der Waals surface area contributed by atoms with E-state index in [9.17, 15) is 0 Å². The van der Waals surface area contributed by atoms with E-state index in [0.29, 0.717) is 0 Å². The average molecular weight is 198 g/mol. The predicted molar refractivity (Wildman–Crippen MR) is 60.8 cm³/mol. The molecule has 0 aliphatic heterocycles. The summed E-state index contributed by atoms with van der Waals surface area (Å²) in [7, 11) is 0. The first-order chi connectivity index (χ1) is 7.24. The van der Waals surface area contributed by atoms with Gasteiger partial charge in [0.2, 0.25) is 0 Å². The Balaban J connectivity index is 2.22. The van der Waals surface area contributed by atoms with E-state index in [1.54, 1.807) is 0 Å². The van der Waals surface area contributed by atoms with Crippen molar-refractivity contribution < 1.29 is 0 Å². The Morgan fingerprint density at radius 1 is 1.07 bits per heavy atom. The lowest BCUT2D eigenvalue weighted by Crippen LogP contribution is -1.94. The Morgan fingerprint density at radius 3 is 2.67 bits per heavy atom. The molecule has 0 radical (unpaired) electrons. The van der Waals surface area contributed by atoms with Crippen molar-refractivity contribution >= 4 is 0 Å². The van der Waals surface area contributed by atoms with Crippen LogP contribution in [-0.4, -0.2) is 9.97 Å². The highest BCUT2D eigenvalue weighted by molar-refractivity contribution is 5.22. The quantitative estimate of drug-likeness (QED) is 0.741. The number of aryl methyl sites for hydroxylation is 2. The molecule has 0 atom stereocenters. The first kappa shape index (κ1) is 9.84. The molecule has 0 N–H and O–H groups in total. The number of pyridine rings is 2. The number of hydrogen-bond acceptors (Lipinski definition) is 2. The van der Waals surface area contributed by atoms with Gasteiger partial charge >= 0.3 is 0 Å². The van der Waals surface area contributed by atoms with Crippen LogP contribution in [0.15, 0.2) is 36.5 Å². The lowest BCUT2D eigenvalue weighted by atomic mass is 10.1. The van der Waals surface area contributed by atoms with Crippen molar-refractivity contribution in [2.24, 2.45) is 0 Å². The molecule has 15 heavy (non-hydrogen) atoms. The van der Waals surface area contributed by atoms with Gasteiger partial charge in [0.25, 0.3) is 0 Å². The van der Waals surface area contributed by atoms with Gasteiger partial charge in [0.05, 0.1) is 0 Å². The second kappa shape index (κ2) is 4.22. The van der Waals surface area contributed by atoms with Crippen molar-refractivity contribution in [1.82, 2.24) is 9.97 Å². The summed E-state index contributed by atoms with van der Waals surface area (Å²) in [6, 6.07) is 10.3. The summed E-state index contributed by atoms with van der Waals surface area (Å²) in [6.45, 7) is 4.02. The normalized spacial score (nSPS) is 10.3. The summed E-state index contributed by atoms with van der Waals surface area (Å²) in [5, 5.41) is 0. The standard InChI is InChI=1S/C13H14N2/c1-10-4-3-5-13(15-10)9-12-6-7-14-11(2)8-12/h3-8H,9H2,1-2H3. The molecule has 2 heterocycles. The summed E-state index contributed by atoms with van der Waals surface area (Å²) >= 11 is 0. The first-order valence-corrected chi connectivity index (χ1v) is 5.08. The topological polar surface area (TPSA) is 25.8 Å². The van der Waals surface area contributed by atoms with Crippen molar-refractivity contribution in [1.29, 1.82) is 0 Å². The van der Waals surface area contributed by atoms with E-state index >= 15 is 0 Å². The van der Waals surface area contributed by atoms with Gasteiger partial charge in [-0.3, -0.25) is 9.97 Å². The highest BCUT2D eigenvalue weighted by atomic mass is 14.7. The molecular formula is C13H14N2. The third kappa shape index (κ3) is 2.62. The van der Waals surface area contributed by atoms with Crippen LogP contribution in [0.5, 0.6) is 0 Å². The molecule has 0 fully saturated rings. The minimum atomic E-state index is 0.880. The lowest BCUT2D eigenvalue weighted by Gasteiger charge is -2.02. The molecule has 0 saturated carbocycles. The first-order valence-electron chi connectivity index (χ1n) is 5.08. The molecule has 2 nitrogen and oxygen atoms in total. The van der Waals surface area contributed by atoms with Gasteiger partial charge in [-0.05, 0) is 43.7 Å². The van der Waals surface area contributed by atoms with Gasteiger partial charge in [-0.15, -0.1) is 0 Å². The summed E-state index contributed by atoms with van der Waals surface area (Å²) < 4.78 is 0. The van der Waals surface area contributed by atoms with Gasteiger partial charge in [-0.1, -0.05) is 6.07 Å². The van der Waals surface area contributed by atoms with E-state index in [1.165, 1.54) is 5.56 Å². The van der Waals surface area contributed by atoms with Crippen molar-refractivity contribution in [2.45, 2.75) is 20.3 Å². The summed E-state index contributed by atoms with van der Waals surface area (Å²) in [5.41, 5.74) is 4.50. The second-order valence-corrected chi connectivity index (χ2v) is 3.75. The van der Waals surface area contributed by atoms with Gasteiger partial charge in [-0.2, -0.15) is 0 Å². The van der Waals surface area contributed by atoms with Crippen LogP contribution in [0.25, 0.3) is 0 Å². The number of aromatic nitrogens is 2. The van der Waals surface area contributed by atoms with E-state index in [2.05, 4.69) is 22.1 Å². The maximum Gasteiger partial charge on any atom is 0.0450 e. The molecular weight excluding hydrogens is 184 g/mol. The lowest BCUT2D eigenvalue weighted by molar-refractivity contribution is 1.02. The molecule has 0 amide bonds. The summed E-state index contributed by atoms with van der Waals surface area (Å²) in [5.74, 6) is 0. The summed E-state index contributed by atoms with van der Waals surface area (Å²) in [4.78, 5) is 8.66. The van der Waals surface area contributed by atoms with Crippen molar-refractivity contribution in [2.75, 3.05) is 0 Å². The van der Waals surface area contributed by atoms with Crippen LogP contribution >= 0.6 is 0 Å².